The molecule has 0 saturated heterocycles. The number of fused-ring (bicyclic) bond motifs is 1. The highest BCUT2D eigenvalue weighted by molar-refractivity contribution is 7.13. The highest BCUT2D eigenvalue weighted by Gasteiger charge is 2.33. The van der Waals surface area contributed by atoms with E-state index in [4.69, 9.17) is 21.1 Å². The second-order valence-electron chi connectivity index (χ2n) is 7.72. The molecule has 2 aromatic rings. The second-order valence-corrected chi connectivity index (χ2v) is 9.22. The van der Waals surface area contributed by atoms with Crippen molar-refractivity contribution < 1.29 is 9.47 Å². The topological polar surface area (TPSA) is 47.9 Å². The Balaban J connectivity index is 1.71. The summed E-state index contributed by atoms with van der Waals surface area (Å²) in [6.07, 6.45) is 4.46. The van der Waals surface area contributed by atoms with Crippen LogP contribution in [0.15, 0.2) is 23.4 Å². The lowest BCUT2D eigenvalue weighted by Gasteiger charge is -2.31. The molecule has 6 heteroatoms. The van der Waals surface area contributed by atoms with Gasteiger partial charge in [-0.3, -0.25) is 0 Å². The van der Waals surface area contributed by atoms with Gasteiger partial charge >= 0.3 is 0 Å². The van der Waals surface area contributed by atoms with Crippen molar-refractivity contribution in [2.75, 3.05) is 13.7 Å². The molecule has 1 aromatic carbocycles. The van der Waals surface area contributed by atoms with Crippen LogP contribution >= 0.6 is 22.9 Å². The van der Waals surface area contributed by atoms with Gasteiger partial charge in [-0.05, 0) is 54.4 Å². The molecule has 4 rings (SSSR count). The third kappa shape index (κ3) is 3.72. The molecule has 1 aromatic heterocycles. The maximum absolute atomic E-state index is 11.2. The largest absolute Gasteiger partial charge is 0.491 e. The molecule has 1 saturated carbocycles. The van der Waals surface area contributed by atoms with Crippen LogP contribution in [0.25, 0.3) is 0 Å². The van der Waals surface area contributed by atoms with Crippen molar-refractivity contribution in [1.82, 2.24) is 0 Å². The lowest BCUT2D eigenvalue weighted by atomic mass is 9.74. The van der Waals surface area contributed by atoms with Crippen molar-refractivity contribution in [2.24, 2.45) is 11.1 Å². The number of halogens is 1. The van der Waals surface area contributed by atoms with Crippen molar-refractivity contribution in [3.63, 3.8) is 0 Å². The minimum atomic E-state index is -0.0857. The van der Waals surface area contributed by atoms with Crippen molar-refractivity contribution in [3.05, 3.63) is 49.7 Å². The van der Waals surface area contributed by atoms with Gasteiger partial charge in [0.1, 0.15) is 5.75 Å². The highest BCUT2D eigenvalue weighted by atomic mass is 35.5. The Kier molecular flexibility index (Phi) is 5.42. The van der Waals surface area contributed by atoms with E-state index >= 15 is 0 Å². The van der Waals surface area contributed by atoms with E-state index in [2.05, 4.69) is 24.2 Å². The molecule has 1 aliphatic heterocycles. The van der Waals surface area contributed by atoms with E-state index in [9.17, 15) is 4.91 Å². The Morgan fingerprint density at radius 1 is 1.33 bits per heavy atom. The van der Waals surface area contributed by atoms with Gasteiger partial charge in [-0.2, -0.15) is 4.91 Å². The van der Waals surface area contributed by atoms with E-state index < -0.39 is 0 Å². The minimum Gasteiger partial charge on any atom is -0.491 e. The van der Waals surface area contributed by atoms with Gasteiger partial charge in [-0.25, -0.2) is 0 Å². The first-order valence-electron chi connectivity index (χ1n) is 9.51. The fourth-order valence-corrected chi connectivity index (χ4v) is 5.69. The van der Waals surface area contributed by atoms with Gasteiger partial charge in [-0.1, -0.05) is 29.8 Å². The van der Waals surface area contributed by atoms with Crippen LogP contribution < -0.4 is 9.47 Å². The quantitative estimate of drug-likeness (QED) is 0.575. The number of nitrogens with zero attached hydrogens (tertiary/aromatic N) is 1. The fraction of sp³-hybridized carbons (Fsp3) is 0.524. The summed E-state index contributed by atoms with van der Waals surface area (Å²) in [5.41, 5.74) is 3.63. The van der Waals surface area contributed by atoms with Crippen molar-refractivity contribution >= 4 is 22.9 Å². The van der Waals surface area contributed by atoms with E-state index in [-0.39, 0.29) is 6.04 Å². The number of benzene rings is 1. The Bertz CT molecular complexity index is 850. The molecule has 144 valence electrons. The number of nitroso groups, excluding NO2 is 1. The first kappa shape index (κ1) is 18.8. The average molecular weight is 406 g/mol. The molecule has 0 spiro atoms. The Morgan fingerprint density at radius 3 is 2.93 bits per heavy atom. The molecule has 2 heterocycles. The zero-order valence-corrected chi connectivity index (χ0v) is 17.2. The molecule has 0 amide bonds. The zero-order chi connectivity index (χ0) is 19.0. The smallest absolute Gasteiger partial charge is 0.173 e. The zero-order valence-electron chi connectivity index (χ0n) is 15.7. The second kappa shape index (κ2) is 7.80. The van der Waals surface area contributed by atoms with Crippen molar-refractivity contribution in [3.8, 4) is 10.8 Å². The molecule has 0 N–H and O–H groups in total. The molecule has 2 aliphatic rings. The van der Waals surface area contributed by atoms with Crippen LogP contribution in [0.3, 0.4) is 0 Å². The number of methoxy groups -OCH3 is 1. The standard InChI is InChI=1S/C21H24ClNO3S/c1-12-7-13(9-15(8-12)23-24)18-11-14(10-16-3-4-19(25-2)27-16)20(22)21-17(18)5-6-26-21/h3-4,11-13,15H,5-10H2,1-2H3. The summed E-state index contributed by atoms with van der Waals surface area (Å²) in [5, 5.41) is 5.00. The highest BCUT2D eigenvalue weighted by Crippen LogP contribution is 2.46. The third-order valence-corrected chi connectivity index (χ3v) is 7.20. The molecule has 0 bridgehead atoms. The number of thiophene rings is 1. The lowest BCUT2D eigenvalue weighted by Crippen LogP contribution is -2.23. The van der Waals surface area contributed by atoms with Gasteiger partial charge in [0.15, 0.2) is 5.06 Å². The van der Waals surface area contributed by atoms with Gasteiger partial charge < -0.3 is 9.47 Å². The Hall–Kier alpha value is -1.59. The Morgan fingerprint density at radius 2 is 2.19 bits per heavy atom. The van der Waals surface area contributed by atoms with Crippen LogP contribution in [0, 0.1) is 10.8 Å². The monoisotopic (exact) mass is 405 g/mol. The number of hydrogen-bond donors (Lipinski definition) is 0. The maximum Gasteiger partial charge on any atom is 0.173 e. The summed E-state index contributed by atoms with van der Waals surface area (Å²) in [7, 11) is 1.69. The summed E-state index contributed by atoms with van der Waals surface area (Å²) >= 11 is 8.36. The van der Waals surface area contributed by atoms with E-state index in [0.717, 1.165) is 53.5 Å². The van der Waals surface area contributed by atoms with Gasteiger partial charge in [0.2, 0.25) is 0 Å². The van der Waals surface area contributed by atoms with Gasteiger partial charge in [0, 0.05) is 23.3 Å². The van der Waals surface area contributed by atoms with E-state index in [1.165, 1.54) is 16.0 Å². The van der Waals surface area contributed by atoms with Crippen molar-refractivity contribution in [1.29, 1.82) is 0 Å². The lowest BCUT2D eigenvalue weighted by molar-refractivity contribution is 0.307. The molecule has 1 aliphatic carbocycles. The maximum atomic E-state index is 11.2. The normalized spacial score (nSPS) is 24.3. The molecule has 3 atom stereocenters. The van der Waals surface area contributed by atoms with E-state index in [0.29, 0.717) is 18.4 Å². The number of hydrogen-bond acceptors (Lipinski definition) is 5. The summed E-state index contributed by atoms with van der Waals surface area (Å²) in [5.74, 6) is 1.70. The number of ether oxygens (including phenoxy) is 2. The predicted molar refractivity (Wildman–Crippen MR) is 110 cm³/mol. The first-order chi connectivity index (χ1) is 13.1. The van der Waals surface area contributed by atoms with Crippen LogP contribution in [-0.4, -0.2) is 19.8 Å². The van der Waals surface area contributed by atoms with Crippen LogP contribution in [0.2, 0.25) is 5.02 Å². The fourth-order valence-electron chi connectivity index (χ4n) is 4.56. The third-order valence-electron chi connectivity index (χ3n) is 5.74. The van der Waals surface area contributed by atoms with E-state index in [1.54, 1.807) is 18.4 Å². The molecule has 4 nitrogen and oxygen atoms in total. The van der Waals surface area contributed by atoms with Crippen LogP contribution in [0.5, 0.6) is 10.8 Å². The molecular formula is C21H24ClNO3S. The van der Waals surface area contributed by atoms with Crippen LogP contribution in [-0.2, 0) is 12.8 Å². The molecule has 0 radical (unpaired) electrons. The van der Waals surface area contributed by atoms with E-state index in [1.807, 2.05) is 6.07 Å². The van der Waals surface area contributed by atoms with Crippen molar-refractivity contribution in [2.45, 2.75) is 51.0 Å². The molecule has 3 unspecified atom stereocenters. The number of rotatable bonds is 5. The SMILES string of the molecule is COc1ccc(Cc2cc(C3CC(C)CC(N=O)C3)c3c(c2Cl)OCC3)s1. The first-order valence-corrected chi connectivity index (χ1v) is 10.7. The van der Waals surface area contributed by atoms with Gasteiger partial charge in [-0.15, -0.1) is 11.3 Å². The van der Waals surface area contributed by atoms with Crippen LogP contribution in [0.4, 0.5) is 0 Å². The van der Waals surface area contributed by atoms with Crippen LogP contribution in [0.1, 0.15) is 53.7 Å². The van der Waals surface area contributed by atoms with Gasteiger partial charge in [0.25, 0.3) is 0 Å². The molecule has 27 heavy (non-hydrogen) atoms. The predicted octanol–water partition coefficient (Wildman–Crippen LogP) is 5.97. The van der Waals surface area contributed by atoms with Gasteiger partial charge in [0.05, 0.1) is 24.8 Å². The minimum absolute atomic E-state index is 0.0857. The average Bonchev–Trinajstić information content (AvgIpc) is 3.33. The summed E-state index contributed by atoms with van der Waals surface area (Å²) in [6, 6.07) is 6.24. The summed E-state index contributed by atoms with van der Waals surface area (Å²) in [6.45, 7) is 2.89. The Labute approximate surface area is 168 Å². The molecular weight excluding hydrogens is 382 g/mol. The molecule has 1 fully saturated rings. The summed E-state index contributed by atoms with van der Waals surface area (Å²) < 4.78 is 11.2. The summed E-state index contributed by atoms with van der Waals surface area (Å²) in [4.78, 5) is 12.4.